The number of carboxylic acids is 1. The van der Waals surface area contributed by atoms with Gasteiger partial charge in [0, 0.05) is 5.75 Å². The number of aliphatic carboxylic acids is 1. The number of carboxylic acid groups (broad SMARTS) is 1. The number of benzene rings is 1. The average molecular weight is 312 g/mol. The number of hydrogen-bond acceptors (Lipinski definition) is 6. The molecule has 21 heavy (non-hydrogen) atoms. The molecule has 8 heteroatoms. The molecule has 7 nitrogen and oxygen atoms in total. The Balaban J connectivity index is 2.05. The Bertz CT molecular complexity index is 565. The van der Waals surface area contributed by atoms with Crippen molar-refractivity contribution in [1.82, 2.24) is 4.90 Å². The molecule has 0 saturated carbocycles. The summed E-state index contributed by atoms with van der Waals surface area (Å²) < 4.78 is 0. The summed E-state index contributed by atoms with van der Waals surface area (Å²) in [5, 5.41) is 27.7. The number of carbonyl (C=O) groups is 2. The predicted molar refractivity (Wildman–Crippen MR) is 77.0 cm³/mol. The van der Waals surface area contributed by atoms with E-state index < -0.39 is 24.0 Å². The van der Waals surface area contributed by atoms with Crippen LogP contribution < -0.4 is 5.73 Å². The monoisotopic (exact) mass is 312 g/mol. The van der Waals surface area contributed by atoms with Gasteiger partial charge in [-0.05, 0) is 24.1 Å². The molecule has 1 aliphatic rings. The van der Waals surface area contributed by atoms with E-state index in [2.05, 4.69) is 0 Å². The van der Waals surface area contributed by atoms with E-state index in [1.165, 1.54) is 28.8 Å². The van der Waals surface area contributed by atoms with E-state index in [0.29, 0.717) is 17.2 Å². The van der Waals surface area contributed by atoms with Crippen molar-refractivity contribution in [1.29, 1.82) is 0 Å². The lowest BCUT2D eigenvalue weighted by atomic mass is 10.0. The van der Waals surface area contributed by atoms with Gasteiger partial charge in [-0.2, -0.15) is 0 Å². The molecule has 1 saturated heterocycles. The molecule has 1 aliphatic heterocycles. The van der Waals surface area contributed by atoms with Gasteiger partial charge in [-0.15, -0.1) is 11.8 Å². The fraction of sp³-hybridized carbons (Fsp3) is 0.385. The molecule has 1 aromatic carbocycles. The van der Waals surface area contributed by atoms with Crippen molar-refractivity contribution in [2.75, 3.05) is 11.6 Å². The predicted octanol–water partition coefficient (Wildman–Crippen LogP) is -0.0463. The van der Waals surface area contributed by atoms with Crippen molar-refractivity contribution in [3.63, 3.8) is 0 Å². The lowest BCUT2D eigenvalue weighted by Gasteiger charge is -2.24. The first-order valence-electron chi connectivity index (χ1n) is 6.27. The van der Waals surface area contributed by atoms with Crippen LogP contribution >= 0.6 is 11.8 Å². The van der Waals surface area contributed by atoms with E-state index in [-0.39, 0.29) is 17.9 Å². The summed E-state index contributed by atoms with van der Waals surface area (Å²) >= 11 is 1.37. The standard InChI is InChI=1S/C13H16N2O5S/c14-8(3-7-1-2-10(16)11(17)4-7)12(18)15-6-21-5-9(15)13(19)20/h1-2,4,8-9,16-17H,3,5-6,14H2,(H,19,20)/t8-,9?/m0/s1. The number of rotatable bonds is 4. The van der Waals surface area contributed by atoms with Gasteiger partial charge in [0.2, 0.25) is 5.91 Å². The maximum atomic E-state index is 12.2. The van der Waals surface area contributed by atoms with Gasteiger partial charge in [0.15, 0.2) is 11.5 Å². The van der Waals surface area contributed by atoms with Crippen molar-refractivity contribution >= 4 is 23.6 Å². The summed E-state index contributed by atoms with van der Waals surface area (Å²) in [4.78, 5) is 24.6. The molecule has 2 rings (SSSR count). The third-order valence-electron chi connectivity index (χ3n) is 3.26. The lowest BCUT2D eigenvalue weighted by Crippen LogP contribution is -2.49. The van der Waals surface area contributed by atoms with Crippen LogP contribution in [0.15, 0.2) is 18.2 Å². The summed E-state index contributed by atoms with van der Waals surface area (Å²) in [5.41, 5.74) is 6.43. The van der Waals surface area contributed by atoms with Gasteiger partial charge in [-0.1, -0.05) is 6.07 Å². The normalized spacial score (nSPS) is 19.5. The van der Waals surface area contributed by atoms with Gasteiger partial charge in [-0.3, -0.25) is 4.79 Å². The summed E-state index contributed by atoms with van der Waals surface area (Å²) in [5.74, 6) is -1.34. The van der Waals surface area contributed by atoms with Crippen LogP contribution in [-0.4, -0.2) is 55.8 Å². The quantitative estimate of drug-likeness (QED) is 0.575. The number of nitrogens with zero attached hydrogens (tertiary/aromatic N) is 1. The highest BCUT2D eigenvalue weighted by atomic mass is 32.2. The fourth-order valence-electron chi connectivity index (χ4n) is 2.11. The molecule has 114 valence electrons. The lowest BCUT2D eigenvalue weighted by molar-refractivity contribution is -0.148. The number of phenolic OH excluding ortho intramolecular Hbond substituents is 2. The van der Waals surface area contributed by atoms with Crippen LogP contribution in [-0.2, 0) is 16.0 Å². The van der Waals surface area contributed by atoms with Crippen LogP contribution in [0.1, 0.15) is 5.56 Å². The Labute approximate surface area is 125 Å². The third-order valence-corrected chi connectivity index (χ3v) is 4.28. The smallest absolute Gasteiger partial charge is 0.327 e. The average Bonchev–Trinajstić information content (AvgIpc) is 2.91. The third kappa shape index (κ3) is 3.40. The second-order valence-corrected chi connectivity index (χ2v) is 5.80. The largest absolute Gasteiger partial charge is 0.504 e. The number of hydrogen-bond donors (Lipinski definition) is 4. The molecule has 0 bridgehead atoms. The van der Waals surface area contributed by atoms with Crippen LogP contribution in [0.25, 0.3) is 0 Å². The van der Waals surface area contributed by atoms with Crippen molar-refractivity contribution in [2.45, 2.75) is 18.5 Å². The van der Waals surface area contributed by atoms with Crippen molar-refractivity contribution < 1.29 is 24.9 Å². The van der Waals surface area contributed by atoms with E-state index in [4.69, 9.17) is 10.8 Å². The molecule has 1 amide bonds. The molecule has 0 aromatic heterocycles. The minimum absolute atomic E-state index is 0.153. The number of aromatic hydroxyl groups is 2. The highest BCUT2D eigenvalue weighted by molar-refractivity contribution is 7.99. The molecule has 1 fully saturated rings. The summed E-state index contributed by atoms with van der Waals surface area (Å²) in [6.07, 6.45) is 0.153. The van der Waals surface area contributed by atoms with E-state index in [9.17, 15) is 19.8 Å². The number of phenols is 2. The highest BCUT2D eigenvalue weighted by Gasteiger charge is 2.36. The van der Waals surface area contributed by atoms with Gasteiger partial charge in [0.25, 0.3) is 0 Å². The highest BCUT2D eigenvalue weighted by Crippen LogP contribution is 2.26. The fourth-order valence-corrected chi connectivity index (χ4v) is 3.27. The zero-order chi connectivity index (χ0) is 15.6. The summed E-state index contributed by atoms with van der Waals surface area (Å²) in [6.45, 7) is 0. The molecule has 5 N–H and O–H groups in total. The summed E-state index contributed by atoms with van der Waals surface area (Å²) in [7, 11) is 0. The van der Waals surface area contributed by atoms with Crippen LogP contribution in [0.3, 0.4) is 0 Å². The van der Waals surface area contributed by atoms with Gasteiger partial charge in [0.05, 0.1) is 11.9 Å². The molecular weight excluding hydrogens is 296 g/mol. The minimum atomic E-state index is -1.04. The molecule has 0 radical (unpaired) electrons. The Morgan fingerprint density at radius 1 is 1.38 bits per heavy atom. The van der Waals surface area contributed by atoms with Crippen LogP contribution in [0.4, 0.5) is 0 Å². The Hall–Kier alpha value is -1.93. The second-order valence-electron chi connectivity index (χ2n) is 4.80. The Kier molecular flexibility index (Phi) is 4.59. The number of carbonyl (C=O) groups excluding carboxylic acids is 1. The molecule has 1 unspecified atom stereocenters. The van der Waals surface area contributed by atoms with Gasteiger partial charge in [0.1, 0.15) is 6.04 Å². The van der Waals surface area contributed by atoms with Gasteiger partial charge >= 0.3 is 5.97 Å². The molecule has 0 spiro atoms. The van der Waals surface area contributed by atoms with Crippen LogP contribution in [0.5, 0.6) is 11.5 Å². The van der Waals surface area contributed by atoms with Crippen LogP contribution in [0.2, 0.25) is 0 Å². The second kappa shape index (κ2) is 6.23. The number of amides is 1. The van der Waals surface area contributed by atoms with Crippen molar-refractivity contribution in [3.05, 3.63) is 23.8 Å². The molecule has 0 aliphatic carbocycles. The zero-order valence-electron chi connectivity index (χ0n) is 11.1. The van der Waals surface area contributed by atoms with Gasteiger partial charge < -0.3 is 26.0 Å². The molecule has 1 aromatic rings. The Morgan fingerprint density at radius 2 is 2.10 bits per heavy atom. The van der Waals surface area contributed by atoms with E-state index in [1.807, 2.05) is 0 Å². The molecular formula is C13H16N2O5S. The van der Waals surface area contributed by atoms with Crippen molar-refractivity contribution in [2.24, 2.45) is 5.73 Å². The first kappa shape index (κ1) is 15.5. The van der Waals surface area contributed by atoms with E-state index >= 15 is 0 Å². The summed E-state index contributed by atoms with van der Waals surface area (Å²) in [6, 6.07) is 2.45. The first-order valence-corrected chi connectivity index (χ1v) is 7.43. The van der Waals surface area contributed by atoms with Gasteiger partial charge in [-0.25, -0.2) is 4.79 Å². The van der Waals surface area contributed by atoms with E-state index in [0.717, 1.165) is 0 Å². The molecule has 1 heterocycles. The maximum Gasteiger partial charge on any atom is 0.327 e. The Morgan fingerprint density at radius 3 is 2.71 bits per heavy atom. The maximum absolute atomic E-state index is 12.2. The number of nitrogens with two attached hydrogens (primary N) is 1. The number of thioether (sulfide) groups is 1. The van der Waals surface area contributed by atoms with Crippen LogP contribution in [0, 0.1) is 0 Å². The minimum Gasteiger partial charge on any atom is -0.504 e. The van der Waals surface area contributed by atoms with Crippen molar-refractivity contribution in [3.8, 4) is 11.5 Å². The topological polar surface area (TPSA) is 124 Å². The SMILES string of the molecule is N[C@@H](Cc1ccc(O)c(O)c1)C(=O)N1CSCC1C(=O)O. The van der Waals surface area contributed by atoms with E-state index in [1.54, 1.807) is 6.07 Å². The first-order chi connectivity index (χ1) is 9.90. The zero-order valence-corrected chi connectivity index (χ0v) is 11.9. The molecule has 2 atom stereocenters.